The summed E-state index contributed by atoms with van der Waals surface area (Å²) in [4.78, 5) is 0. The van der Waals surface area contributed by atoms with Gasteiger partial charge in [0.1, 0.15) is 5.82 Å². The third-order valence-corrected chi connectivity index (χ3v) is 1.87. The van der Waals surface area contributed by atoms with Gasteiger partial charge in [0.2, 0.25) is 0 Å². The molecule has 1 nitrogen and oxygen atoms in total. The predicted molar refractivity (Wildman–Crippen MR) is 54.5 cm³/mol. The maximum Gasteiger partial charge on any atom is 0.126 e. The van der Waals surface area contributed by atoms with Crippen LogP contribution in [-0.2, 0) is 0 Å². The Kier molecular flexibility index (Phi) is 3.29. The highest BCUT2D eigenvalue weighted by Crippen LogP contribution is 2.13. The second-order valence-electron chi connectivity index (χ2n) is 3.74. The zero-order valence-electron chi connectivity index (χ0n) is 8.39. The highest BCUT2D eigenvalue weighted by Gasteiger charge is 1.98. The molecule has 0 radical (unpaired) electrons. The molecule has 72 valence electrons. The summed E-state index contributed by atoms with van der Waals surface area (Å²) < 4.78 is 12.9. The Morgan fingerprint density at radius 2 is 2.08 bits per heavy atom. The fraction of sp³-hybridized carbons (Fsp3) is 0.455. The third kappa shape index (κ3) is 3.05. The molecular weight excluding hydrogens is 165 g/mol. The fourth-order valence-corrected chi connectivity index (χ4v) is 1.08. The summed E-state index contributed by atoms with van der Waals surface area (Å²) in [7, 11) is 0. The summed E-state index contributed by atoms with van der Waals surface area (Å²) in [5.41, 5.74) is 1.68. The Balaban J connectivity index is 2.63. The number of nitrogens with one attached hydrogen (secondary N) is 1. The highest BCUT2D eigenvalue weighted by atomic mass is 19.1. The molecule has 1 N–H and O–H groups in total. The molecule has 1 rings (SSSR count). The molecule has 2 heteroatoms. The Morgan fingerprint density at radius 1 is 1.38 bits per heavy atom. The lowest BCUT2D eigenvalue weighted by Crippen LogP contribution is -2.07. The van der Waals surface area contributed by atoms with Gasteiger partial charge in [0.05, 0.1) is 0 Å². The maximum atomic E-state index is 12.9. The summed E-state index contributed by atoms with van der Waals surface area (Å²) in [6.45, 7) is 6.98. The number of hydrogen-bond acceptors (Lipinski definition) is 1. The number of rotatable bonds is 3. The monoisotopic (exact) mass is 181 g/mol. The van der Waals surface area contributed by atoms with Crippen molar-refractivity contribution in [3.05, 3.63) is 29.6 Å². The zero-order valence-corrected chi connectivity index (χ0v) is 8.39. The van der Waals surface area contributed by atoms with Crippen LogP contribution in [0.4, 0.5) is 10.1 Å². The van der Waals surface area contributed by atoms with Gasteiger partial charge in [0.15, 0.2) is 0 Å². The number of hydrogen-bond donors (Lipinski definition) is 1. The first-order chi connectivity index (χ1) is 6.09. The molecular formula is C11H16FN. The van der Waals surface area contributed by atoms with E-state index in [0.717, 1.165) is 12.2 Å². The van der Waals surface area contributed by atoms with Crippen molar-refractivity contribution < 1.29 is 4.39 Å². The molecule has 13 heavy (non-hydrogen) atoms. The van der Waals surface area contributed by atoms with E-state index < -0.39 is 0 Å². The van der Waals surface area contributed by atoms with Crippen LogP contribution in [-0.4, -0.2) is 6.54 Å². The van der Waals surface area contributed by atoms with Crippen molar-refractivity contribution in [1.29, 1.82) is 0 Å². The van der Waals surface area contributed by atoms with E-state index in [1.165, 1.54) is 6.07 Å². The van der Waals surface area contributed by atoms with Crippen LogP contribution in [0.1, 0.15) is 19.4 Å². The van der Waals surface area contributed by atoms with E-state index >= 15 is 0 Å². The van der Waals surface area contributed by atoms with E-state index in [2.05, 4.69) is 19.2 Å². The Labute approximate surface area is 79.0 Å². The average molecular weight is 181 g/mol. The standard InChI is InChI=1S/C11H16FN/c1-8(2)7-13-10-4-5-11(12)9(3)6-10/h4-6,8,13H,7H2,1-3H3. The topological polar surface area (TPSA) is 12.0 Å². The SMILES string of the molecule is Cc1cc(NCC(C)C)ccc1F. The third-order valence-electron chi connectivity index (χ3n) is 1.87. The van der Waals surface area contributed by atoms with Crippen molar-refractivity contribution in [3.8, 4) is 0 Å². The Hall–Kier alpha value is -1.05. The van der Waals surface area contributed by atoms with Gasteiger partial charge in [0.25, 0.3) is 0 Å². The van der Waals surface area contributed by atoms with Crippen molar-refractivity contribution in [2.75, 3.05) is 11.9 Å². The molecule has 0 atom stereocenters. The molecule has 0 unspecified atom stereocenters. The molecule has 0 fully saturated rings. The lowest BCUT2D eigenvalue weighted by atomic mass is 10.2. The van der Waals surface area contributed by atoms with Gasteiger partial charge in [-0.05, 0) is 36.6 Å². The van der Waals surface area contributed by atoms with Crippen molar-refractivity contribution in [3.63, 3.8) is 0 Å². The van der Waals surface area contributed by atoms with Gasteiger partial charge in [0, 0.05) is 12.2 Å². The second kappa shape index (κ2) is 4.26. The van der Waals surface area contributed by atoms with Gasteiger partial charge in [-0.1, -0.05) is 13.8 Å². The van der Waals surface area contributed by atoms with Gasteiger partial charge in [-0.15, -0.1) is 0 Å². The molecule has 1 aromatic carbocycles. The quantitative estimate of drug-likeness (QED) is 0.755. The van der Waals surface area contributed by atoms with E-state index in [0.29, 0.717) is 11.5 Å². The van der Waals surface area contributed by atoms with Crippen LogP contribution < -0.4 is 5.32 Å². The van der Waals surface area contributed by atoms with E-state index in [9.17, 15) is 4.39 Å². The largest absolute Gasteiger partial charge is 0.385 e. The summed E-state index contributed by atoms with van der Waals surface area (Å²) in [6, 6.07) is 5.10. The molecule has 0 saturated heterocycles. The minimum Gasteiger partial charge on any atom is -0.385 e. The first kappa shape index (κ1) is 10.0. The molecule has 0 saturated carbocycles. The van der Waals surface area contributed by atoms with Crippen molar-refractivity contribution in [2.45, 2.75) is 20.8 Å². The number of halogens is 1. The molecule has 0 amide bonds. The number of aryl methyl sites for hydroxylation is 1. The summed E-state index contributed by atoms with van der Waals surface area (Å²) >= 11 is 0. The van der Waals surface area contributed by atoms with Crippen LogP contribution in [0.5, 0.6) is 0 Å². The van der Waals surface area contributed by atoms with Gasteiger partial charge in [-0.2, -0.15) is 0 Å². The fourth-order valence-electron chi connectivity index (χ4n) is 1.08. The van der Waals surface area contributed by atoms with Crippen molar-refractivity contribution in [1.82, 2.24) is 0 Å². The van der Waals surface area contributed by atoms with Crippen LogP contribution in [0.15, 0.2) is 18.2 Å². The molecule has 0 bridgehead atoms. The van der Waals surface area contributed by atoms with Crippen molar-refractivity contribution in [2.24, 2.45) is 5.92 Å². The number of benzene rings is 1. The normalized spacial score (nSPS) is 10.5. The molecule has 0 spiro atoms. The summed E-state index contributed by atoms with van der Waals surface area (Å²) in [5.74, 6) is 0.459. The Bertz CT molecular complexity index is 281. The molecule has 0 aliphatic carbocycles. The lowest BCUT2D eigenvalue weighted by Gasteiger charge is -2.09. The first-order valence-corrected chi connectivity index (χ1v) is 4.59. The lowest BCUT2D eigenvalue weighted by molar-refractivity contribution is 0.618. The maximum absolute atomic E-state index is 12.9. The van der Waals surface area contributed by atoms with Gasteiger partial charge >= 0.3 is 0 Å². The van der Waals surface area contributed by atoms with Crippen LogP contribution in [0.3, 0.4) is 0 Å². The Morgan fingerprint density at radius 3 is 2.62 bits per heavy atom. The minimum atomic E-state index is -0.143. The molecule has 0 heterocycles. The van der Waals surface area contributed by atoms with Crippen molar-refractivity contribution >= 4 is 5.69 Å². The predicted octanol–water partition coefficient (Wildman–Crippen LogP) is 3.20. The minimum absolute atomic E-state index is 0.143. The molecule has 1 aromatic rings. The van der Waals surface area contributed by atoms with E-state index in [1.54, 1.807) is 13.0 Å². The first-order valence-electron chi connectivity index (χ1n) is 4.59. The van der Waals surface area contributed by atoms with Crippen LogP contribution >= 0.6 is 0 Å². The highest BCUT2D eigenvalue weighted by molar-refractivity contribution is 5.45. The van der Waals surface area contributed by atoms with Gasteiger partial charge in [-0.25, -0.2) is 4.39 Å². The van der Waals surface area contributed by atoms with Crippen LogP contribution in [0.2, 0.25) is 0 Å². The average Bonchev–Trinajstić information content (AvgIpc) is 2.07. The van der Waals surface area contributed by atoms with Crippen LogP contribution in [0, 0.1) is 18.7 Å². The summed E-state index contributed by atoms with van der Waals surface area (Å²) in [5, 5.41) is 3.25. The molecule has 0 aromatic heterocycles. The number of anilines is 1. The van der Waals surface area contributed by atoms with Gasteiger partial charge < -0.3 is 5.32 Å². The molecule has 0 aliphatic rings. The van der Waals surface area contributed by atoms with Gasteiger partial charge in [-0.3, -0.25) is 0 Å². The van der Waals surface area contributed by atoms with E-state index in [1.807, 2.05) is 6.07 Å². The van der Waals surface area contributed by atoms with Crippen LogP contribution in [0.25, 0.3) is 0 Å². The second-order valence-corrected chi connectivity index (χ2v) is 3.74. The zero-order chi connectivity index (χ0) is 9.84. The molecule has 0 aliphatic heterocycles. The smallest absolute Gasteiger partial charge is 0.126 e. The summed E-state index contributed by atoms with van der Waals surface area (Å²) in [6.07, 6.45) is 0. The van der Waals surface area contributed by atoms with E-state index in [-0.39, 0.29) is 5.82 Å². The van der Waals surface area contributed by atoms with E-state index in [4.69, 9.17) is 0 Å².